The third kappa shape index (κ3) is 5.77. The van der Waals surface area contributed by atoms with Gasteiger partial charge in [0.1, 0.15) is 0 Å². The molecule has 5 rings (SSSR count). The summed E-state index contributed by atoms with van der Waals surface area (Å²) < 4.78 is 0. The van der Waals surface area contributed by atoms with Crippen LogP contribution in [0.5, 0.6) is 0 Å². The van der Waals surface area contributed by atoms with Crippen LogP contribution in [0.15, 0.2) is 60.7 Å². The van der Waals surface area contributed by atoms with E-state index < -0.39 is 5.41 Å². The summed E-state index contributed by atoms with van der Waals surface area (Å²) in [7, 11) is 0. The van der Waals surface area contributed by atoms with Crippen molar-refractivity contribution >= 4 is 11.8 Å². The predicted molar refractivity (Wildman–Crippen MR) is 148 cm³/mol. The van der Waals surface area contributed by atoms with E-state index in [2.05, 4.69) is 39.4 Å². The molecule has 2 aromatic carbocycles. The van der Waals surface area contributed by atoms with E-state index in [-0.39, 0.29) is 17.9 Å². The van der Waals surface area contributed by atoms with Gasteiger partial charge in [-0.1, -0.05) is 79.9 Å². The topological polar surface area (TPSA) is 52.7 Å². The van der Waals surface area contributed by atoms with Crippen LogP contribution in [-0.4, -0.2) is 53.8 Å². The number of nitrogens with one attached hydrogen (secondary N) is 1. The SMILES string of the molecule is C[C@H](NC(=O)C1(c2ccccc2)CCN(C(=O)C2CCN(C3CCCCC3)CC2)CC1)c1ccccc1. The second-order valence-electron chi connectivity index (χ2n) is 11.5. The van der Waals surface area contributed by atoms with Crippen molar-refractivity contribution in [3.05, 3.63) is 71.8 Å². The Morgan fingerprint density at radius 1 is 0.811 bits per heavy atom. The zero-order valence-corrected chi connectivity index (χ0v) is 22.4. The average molecular weight is 502 g/mol. The van der Waals surface area contributed by atoms with Crippen LogP contribution in [0.25, 0.3) is 0 Å². The molecule has 5 heteroatoms. The highest BCUT2D eigenvalue weighted by molar-refractivity contribution is 5.89. The molecule has 0 unspecified atom stereocenters. The molecule has 1 aliphatic carbocycles. The van der Waals surface area contributed by atoms with Crippen molar-refractivity contribution in [2.75, 3.05) is 26.2 Å². The van der Waals surface area contributed by atoms with Gasteiger partial charge < -0.3 is 15.1 Å². The van der Waals surface area contributed by atoms with Crippen molar-refractivity contribution in [1.29, 1.82) is 0 Å². The van der Waals surface area contributed by atoms with Crippen LogP contribution in [0, 0.1) is 5.92 Å². The highest BCUT2D eigenvalue weighted by Gasteiger charge is 2.45. The van der Waals surface area contributed by atoms with Gasteiger partial charge in [-0.25, -0.2) is 0 Å². The summed E-state index contributed by atoms with van der Waals surface area (Å²) in [5.74, 6) is 0.516. The summed E-state index contributed by atoms with van der Waals surface area (Å²) in [5, 5.41) is 3.30. The van der Waals surface area contributed by atoms with Crippen molar-refractivity contribution in [2.45, 2.75) is 82.2 Å². The maximum atomic E-state index is 13.8. The Hall–Kier alpha value is -2.66. The number of hydrogen-bond donors (Lipinski definition) is 1. The maximum Gasteiger partial charge on any atom is 0.231 e. The highest BCUT2D eigenvalue weighted by Crippen LogP contribution is 2.38. The lowest BCUT2D eigenvalue weighted by Gasteiger charge is -2.44. The summed E-state index contributed by atoms with van der Waals surface area (Å²) >= 11 is 0. The van der Waals surface area contributed by atoms with Gasteiger partial charge in [0, 0.05) is 25.0 Å². The van der Waals surface area contributed by atoms with Crippen LogP contribution < -0.4 is 5.32 Å². The molecule has 2 aromatic rings. The third-order valence-electron chi connectivity index (χ3n) is 9.31. The second-order valence-corrected chi connectivity index (χ2v) is 11.5. The van der Waals surface area contributed by atoms with E-state index in [4.69, 9.17) is 0 Å². The standard InChI is InChI=1S/C32H43N3O2/c1-25(26-11-5-2-6-12-26)33-31(37)32(28-13-7-3-8-14-28)19-23-35(24-20-32)30(36)27-17-21-34(22-18-27)29-15-9-4-10-16-29/h2-3,5-8,11-14,25,27,29H,4,9-10,15-24H2,1H3,(H,33,37)/t25-/m0/s1. The number of hydrogen-bond acceptors (Lipinski definition) is 3. The third-order valence-corrected chi connectivity index (χ3v) is 9.31. The molecule has 1 N–H and O–H groups in total. The molecule has 0 spiro atoms. The molecule has 2 aliphatic heterocycles. The summed E-state index contributed by atoms with van der Waals surface area (Å²) in [6, 6.07) is 21.0. The molecule has 2 heterocycles. The van der Waals surface area contributed by atoms with E-state index in [9.17, 15) is 9.59 Å². The first-order chi connectivity index (χ1) is 18.1. The molecule has 2 saturated heterocycles. The quantitative estimate of drug-likeness (QED) is 0.571. The molecule has 37 heavy (non-hydrogen) atoms. The minimum atomic E-state index is -0.606. The minimum absolute atomic E-state index is 0.0664. The molecule has 1 atom stereocenters. The molecule has 1 saturated carbocycles. The van der Waals surface area contributed by atoms with E-state index >= 15 is 0 Å². The zero-order chi connectivity index (χ0) is 25.7. The Bertz CT molecular complexity index is 1020. The van der Waals surface area contributed by atoms with E-state index in [0.717, 1.165) is 43.1 Å². The summed E-state index contributed by atoms with van der Waals surface area (Å²) in [6.07, 6.45) is 10.0. The fourth-order valence-electron chi connectivity index (χ4n) is 6.89. The smallest absolute Gasteiger partial charge is 0.231 e. The molecule has 0 radical (unpaired) electrons. The number of nitrogens with zero attached hydrogens (tertiary/aromatic N) is 2. The van der Waals surface area contributed by atoms with E-state index in [0.29, 0.717) is 31.8 Å². The summed E-state index contributed by atoms with van der Waals surface area (Å²) in [4.78, 5) is 32.1. The molecular weight excluding hydrogens is 458 g/mol. The molecule has 0 aromatic heterocycles. The number of amides is 2. The van der Waals surface area contributed by atoms with Crippen LogP contribution in [0.1, 0.15) is 81.9 Å². The lowest BCUT2D eigenvalue weighted by molar-refractivity contribution is -0.141. The monoisotopic (exact) mass is 501 g/mol. The largest absolute Gasteiger partial charge is 0.349 e. The Balaban J connectivity index is 1.22. The molecule has 198 valence electrons. The van der Waals surface area contributed by atoms with Gasteiger partial charge in [0.2, 0.25) is 11.8 Å². The lowest BCUT2D eigenvalue weighted by atomic mass is 9.71. The first-order valence-corrected chi connectivity index (χ1v) is 14.5. The van der Waals surface area contributed by atoms with Crippen LogP contribution in [-0.2, 0) is 15.0 Å². The number of carbonyl (C=O) groups is 2. The number of benzene rings is 2. The van der Waals surface area contributed by atoms with Gasteiger partial charge in [0.15, 0.2) is 0 Å². The average Bonchev–Trinajstić information content (AvgIpc) is 2.98. The first-order valence-electron chi connectivity index (χ1n) is 14.5. The predicted octanol–water partition coefficient (Wildman–Crippen LogP) is 5.47. The number of piperidine rings is 2. The van der Waals surface area contributed by atoms with Crippen molar-refractivity contribution in [1.82, 2.24) is 15.1 Å². The van der Waals surface area contributed by atoms with Gasteiger partial charge >= 0.3 is 0 Å². The highest BCUT2D eigenvalue weighted by atomic mass is 16.2. The Morgan fingerprint density at radius 2 is 1.41 bits per heavy atom. The number of likely N-dealkylation sites (tertiary alicyclic amines) is 2. The van der Waals surface area contributed by atoms with Crippen molar-refractivity contribution < 1.29 is 9.59 Å². The van der Waals surface area contributed by atoms with Gasteiger partial charge in [-0.05, 0) is 69.7 Å². The summed E-state index contributed by atoms with van der Waals surface area (Å²) in [5.41, 5.74) is 1.55. The van der Waals surface area contributed by atoms with Gasteiger partial charge in [-0.2, -0.15) is 0 Å². The molecular formula is C32H43N3O2. The van der Waals surface area contributed by atoms with E-state index in [1.807, 2.05) is 43.3 Å². The number of carbonyl (C=O) groups excluding carboxylic acids is 2. The Morgan fingerprint density at radius 3 is 2.03 bits per heavy atom. The van der Waals surface area contributed by atoms with Gasteiger partial charge in [0.25, 0.3) is 0 Å². The first kappa shape index (κ1) is 26.0. The van der Waals surface area contributed by atoms with Gasteiger partial charge in [-0.3, -0.25) is 9.59 Å². The fourth-order valence-corrected chi connectivity index (χ4v) is 6.89. The lowest BCUT2D eigenvalue weighted by Crippen LogP contribution is -2.54. The van der Waals surface area contributed by atoms with E-state index in [1.54, 1.807) is 0 Å². The Kier molecular flexibility index (Phi) is 8.29. The van der Waals surface area contributed by atoms with E-state index in [1.165, 1.54) is 32.1 Å². The second kappa shape index (κ2) is 11.8. The van der Waals surface area contributed by atoms with Gasteiger partial charge in [0.05, 0.1) is 11.5 Å². The van der Waals surface area contributed by atoms with Crippen LogP contribution >= 0.6 is 0 Å². The molecule has 2 amide bonds. The maximum absolute atomic E-state index is 13.8. The van der Waals surface area contributed by atoms with Crippen LogP contribution in [0.3, 0.4) is 0 Å². The van der Waals surface area contributed by atoms with Crippen molar-refractivity contribution in [2.24, 2.45) is 5.92 Å². The summed E-state index contributed by atoms with van der Waals surface area (Å²) in [6.45, 7) is 5.45. The van der Waals surface area contributed by atoms with Crippen molar-refractivity contribution in [3.63, 3.8) is 0 Å². The van der Waals surface area contributed by atoms with Crippen LogP contribution in [0.2, 0.25) is 0 Å². The molecule has 3 fully saturated rings. The minimum Gasteiger partial charge on any atom is -0.349 e. The van der Waals surface area contributed by atoms with Gasteiger partial charge in [-0.15, -0.1) is 0 Å². The molecule has 3 aliphatic rings. The number of rotatable bonds is 6. The normalized spacial score (nSPS) is 22.4. The Labute approximate surface area is 222 Å². The zero-order valence-electron chi connectivity index (χ0n) is 22.4. The van der Waals surface area contributed by atoms with Crippen LogP contribution in [0.4, 0.5) is 0 Å². The molecule has 5 nitrogen and oxygen atoms in total. The molecule has 0 bridgehead atoms. The van der Waals surface area contributed by atoms with Crippen molar-refractivity contribution in [3.8, 4) is 0 Å². The fraction of sp³-hybridized carbons (Fsp3) is 0.562.